The molecule has 1 saturated heterocycles. The van der Waals surface area contributed by atoms with Crippen molar-refractivity contribution in [3.63, 3.8) is 0 Å². The van der Waals surface area contributed by atoms with Gasteiger partial charge < -0.3 is 4.74 Å². The molecule has 1 aliphatic heterocycles. The zero-order chi connectivity index (χ0) is 25.3. The van der Waals surface area contributed by atoms with E-state index in [1.165, 1.54) is 12.1 Å². The lowest BCUT2D eigenvalue weighted by Crippen LogP contribution is -2.54. The molecule has 35 heavy (non-hydrogen) atoms. The zero-order valence-electron chi connectivity index (χ0n) is 18.1. The van der Waals surface area contributed by atoms with Gasteiger partial charge >= 0.3 is 6.03 Å². The molecular formula is C25H16BrCl3N2O4. The van der Waals surface area contributed by atoms with Crippen molar-refractivity contribution in [2.45, 2.75) is 13.5 Å². The number of hydrogen-bond donors (Lipinski definition) is 1. The Morgan fingerprint density at radius 1 is 0.971 bits per heavy atom. The largest absolute Gasteiger partial charge is 0.486 e. The number of carbonyl (C=O) groups is 3. The fourth-order valence-corrected chi connectivity index (χ4v) is 4.70. The normalized spacial score (nSPS) is 14.9. The van der Waals surface area contributed by atoms with Crippen LogP contribution >= 0.6 is 50.7 Å². The fraction of sp³-hybridized carbons (Fsp3) is 0.0800. The Kier molecular flexibility index (Phi) is 7.52. The van der Waals surface area contributed by atoms with Crippen LogP contribution < -0.4 is 15.0 Å². The van der Waals surface area contributed by atoms with Crippen molar-refractivity contribution in [1.82, 2.24) is 5.32 Å². The number of barbiturate groups is 1. The number of urea groups is 1. The number of nitrogens with zero attached hydrogens (tertiary/aromatic N) is 1. The Labute approximate surface area is 224 Å². The topological polar surface area (TPSA) is 75.7 Å². The van der Waals surface area contributed by atoms with Gasteiger partial charge in [-0.25, -0.2) is 9.69 Å². The predicted molar refractivity (Wildman–Crippen MR) is 140 cm³/mol. The molecule has 0 saturated carbocycles. The lowest BCUT2D eigenvalue weighted by Gasteiger charge is -2.26. The summed E-state index contributed by atoms with van der Waals surface area (Å²) in [6, 6.07) is 14.3. The average Bonchev–Trinajstić information content (AvgIpc) is 2.79. The Balaban J connectivity index is 1.62. The monoisotopic (exact) mass is 592 g/mol. The first-order valence-corrected chi connectivity index (χ1v) is 12.1. The number of nitrogens with one attached hydrogen (secondary N) is 1. The van der Waals surface area contributed by atoms with E-state index in [-0.39, 0.29) is 22.9 Å². The van der Waals surface area contributed by atoms with Crippen LogP contribution in [0.25, 0.3) is 6.08 Å². The molecule has 10 heteroatoms. The Morgan fingerprint density at radius 2 is 1.71 bits per heavy atom. The minimum absolute atomic E-state index is 0.190. The Morgan fingerprint density at radius 3 is 2.40 bits per heavy atom. The molecular weight excluding hydrogens is 579 g/mol. The van der Waals surface area contributed by atoms with Gasteiger partial charge in [0.2, 0.25) is 0 Å². The molecule has 0 aromatic heterocycles. The molecule has 0 radical (unpaired) electrons. The molecule has 0 aliphatic carbocycles. The van der Waals surface area contributed by atoms with E-state index in [1.54, 1.807) is 37.3 Å². The van der Waals surface area contributed by atoms with Crippen LogP contribution in [0.3, 0.4) is 0 Å². The molecule has 4 amide bonds. The number of benzene rings is 3. The van der Waals surface area contributed by atoms with E-state index in [1.807, 2.05) is 18.2 Å². The number of hydrogen-bond acceptors (Lipinski definition) is 4. The number of carbonyl (C=O) groups excluding carboxylic acids is 3. The number of aryl methyl sites for hydroxylation is 1. The second kappa shape index (κ2) is 10.4. The minimum Gasteiger partial charge on any atom is -0.486 e. The van der Waals surface area contributed by atoms with Gasteiger partial charge in [-0.05, 0) is 70.4 Å². The third-order valence-corrected chi connectivity index (χ3v) is 6.82. The minimum atomic E-state index is -0.861. The van der Waals surface area contributed by atoms with Crippen LogP contribution in [0.2, 0.25) is 15.1 Å². The summed E-state index contributed by atoms with van der Waals surface area (Å²) >= 11 is 22.2. The van der Waals surface area contributed by atoms with Crippen LogP contribution in [-0.2, 0) is 16.2 Å². The van der Waals surface area contributed by atoms with E-state index < -0.39 is 17.8 Å². The number of rotatable bonds is 5. The highest BCUT2D eigenvalue weighted by Crippen LogP contribution is 2.36. The molecule has 1 aliphatic rings. The first-order chi connectivity index (χ1) is 16.7. The van der Waals surface area contributed by atoms with Crippen molar-refractivity contribution in [2.24, 2.45) is 0 Å². The van der Waals surface area contributed by atoms with Crippen molar-refractivity contribution < 1.29 is 19.1 Å². The Bertz CT molecular complexity index is 1380. The maximum Gasteiger partial charge on any atom is 0.335 e. The molecule has 1 fully saturated rings. The molecule has 0 unspecified atom stereocenters. The molecule has 178 valence electrons. The smallest absolute Gasteiger partial charge is 0.335 e. The highest BCUT2D eigenvalue weighted by molar-refractivity contribution is 9.10. The van der Waals surface area contributed by atoms with Gasteiger partial charge in [-0.2, -0.15) is 0 Å². The molecule has 0 spiro atoms. The lowest BCUT2D eigenvalue weighted by atomic mass is 10.1. The molecule has 4 rings (SSSR count). The van der Waals surface area contributed by atoms with Crippen LogP contribution in [0, 0.1) is 6.92 Å². The summed E-state index contributed by atoms with van der Waals surface area (Å²) < 4.78 is 6.34. The quantitative estimate of drug-likeness (QED) is 0.256. The Hall–Kier alpha value is -2.84. The van der Waals surface area contributed by atoms with Gasteiger partial charge in [-0.1, -0.05) is 59.1 Å². The standard InChI is InChI=1S/C25H16BrCl3N2O4/c1-13-6-7-16(11-20(13)28)31-24(33)17(23(32)30-25(31)34)8-14-9-18(26)22(21(29)10-14)35-12-15-4-2-3-5-19(15)27/h2-11H,12H2,1H3,(H,30,32,34)/b17-8-. The van der Waals surface area contributed by atoms with Crippen LogP contribution in [-0.4, -0.2) is 17.8 Å². The molecule has 1 heterocycles. The first kappa shape index (κ1) is 25.3. The summed E-state index contributed by atoms with van der Waals surface area (Å²) in [6.45, 7) is 1.98. The van der Waals surface area contributed by atoms with E-state index in [0.717, 1.165) is 16.0 Å². The summed E-state index contributed by atoms with van der Waals surface area (Å²) in [4.78, 5) is 38.9. The highest BCUT2D eigenvalue weighted by atomic mass is 79.9. The second-order valence-electron chi connectivity index (χ2n) is 7.59. The van der Waals surface area contributed by atoms with Gasteiger partial charge in [0.05, 0.1) is 15.2 Å². The predicted octanol–water partition coefficient (Wildman–Crippen LogP) is 6.96. The van der Waals surface area contributed by atoms with Crippen molar-refractivity contribution in [3.05, 3.63) is 96.4 Å². The van der Waals surface area contributed by atoms with Crippen molar-refractivity contribution in [2.75, 3.05) is 4.90 Å². The van der Waals surface area contributed by atoms with Gasteiger partial charge in [0, 0.05) is 15.6 Å². The van der Waals surface area contributed by atoms with Crippen LogP contribution in [0.1, 0.15) is 16.7 Å². The third kappa shape index (κ3) is 5.38. The van der Waals surface area contributed by atoms with Crippen LogP contribution in [0.4, 0.5) is 10.5 Å². The van der Waals surface area contributed by atoms with E-state index in [0.29, 0.717) is 25.8 Å². The molecule has 0 bridgehead atoms. The number of ether oxygens (including phenoxy) is 1. The number of imide groups is 2. The SMILES string of the molecule is Cc1ccc(N2C(=O)NC(=O)/C(=C/c3cc(Cl)c(OCc4ccccc4Cl)c(Br)c3)C2=O)cc1Cl. The lowest BCUT2D eigenvalue weighted by molar-refractivity contribution is -0.122. The molecule has 6 nitrogen and oxygen atoms in total. The van der Waals surface area contributed by atoms with Crippen molar-refractivity contribution >= 4 is 80.3 Å². The van der Waals surface area contributed by atoms with Crippen molar-refractivity contribution in [3.8, 4) is 5.75 Å². The molecule has 3 aromatic carbocycles. The summed E-state index contributed by atoms with van der Waals surface area (Å²) in [6.07, 6.45) is 1.35. The first-order valence-electron chi connectivity index (χ1n) is 10.2. The van der Waals surface area contributed by atoms with Crippen molar-refractivity contribution in [1.29, 1.82) is 0 Å². The summed E-state index contributed by atoms with van der Waals surface area (Å²) in [5.41, 5.74) is 2.01. The maximum atomic E-state index is 13.1. The average molecular weight is 595 g/mol. The number of amides is 4. The van der Waals surface area contributed by atoms with E-state index in [9.17, 15) is 14.4 Å². The third-order valence-electron chi connectivity index (χ3n) is 5.18. The van der Waals surface area contributed by atoms with Gasteiger partial charge in [0.25, 0.3) is 11.8 Å². The van der Waals surface area contributed by atoms with E-state index in [2.05, 4.69) is 21.2 Å². The summed E-state index contributed by atoms with van der Waals surface area (Å²) in [5, 5.41) is 3.38. The van der Waals surface area contributed by atoms with Gasteiger partial charge in [0.15, 0.2) is 5.75 Å². The number of anilines is 1. The zero-order valence-corrected chi connectivity index (χ0v) is 21.9. The summed E-state index contributed by atoms with van der Waals surface area (Å²) in [5.74, 6) is -1.23. The van der Waals surface area contributed by atoms with E-state index >= 15 is 0 Å². The maximum absolute atomic E-state index is 13.1. The highest BCUT2D eigenvalue weighted by Gasteiger charge is 2.37. The van der Waals surface area contributed by atoms with Crippen LogP contribution in [0.5, 0.6) is 5.75 Å². The fourth-order valence-electron chi connectivity index (χ4n) is 3.35. The summed E-state index contributed by atoms with van der Waals surface area (Å²) in [7, 11) is 0. The molecule has 3 aromatic rings. The van der Waals surface area contributed by atoms with Gasteiger partial charge in [-0.15, -0.1) is 0 Å². The molecule has 0 atom stereocenters. The van der Waals surface area contributed by atoms with Crippen LogP contribution in [0.15, 0.2) is 64.6 Å². The second-order valence-corrected chi connectivity index (χ2v) is 9.66. The van der Waals surface area contributed by atoms with Gasteiger partial charge in [0.1, 0.15) is 12.2 Å². The number of halogens is 4. The van der Waals surface area contributed by atoms with Gasteiger partial charge in [-0.3, -0.25) is 14.9 Å². The molecule has 1 N–H and O–H groups in total. The van der Waals surface area contributed by atoms with E-state index in [4.69, 9.17) is 39.5 Å².